The van der Waals surface area contributed by atoms with Gasteiger partial charge < -0.3 is 9.47 Å². The molecule has 4 heteroatoms. The summed E-state index contributed by atoms with van der Waals surface area (Å²) < 4.78 is 9.80. The first-order valence-corrected chi connectivity index (χ1v) is 5.56. The van der Waals surface area contributed by atoms with Crippen LogP contribution in [0, 0.1) is 5.92 Å². The molecule has 0 aromatic carbocycles. The number of hydrogen-bond acceptors (Lipinski definition) is 4. The van der Waals surface area contributed by atoms with E-state index in [2.05, 4.69) is 20.4 Å². The van der Waals surface area contributed by atoms with Crippen molar-refractivity contribution in [2.75, 3.05) is 6.61 Å². The van der Waals surface area contributed by atoms with Crippen LogP contribution in [0.1, 0.15) is 33.1 Å². The maximum Gasteiger partial charge on any atom is 0.337 e. The normalized spacial score (nSPS) is 20.1. The van der Waals surface area contributed by atoms with Gasteiger partial charge in [-0.05, 0) is 12.3 Å². The van der Waals surface area contributed by atoms with E-state index in [4.69, 9.17) is 9.47 Å². The third-order valence-corrected chi connectivity index (χ3v) is 2.45. The van der Waals surface area contributed by atoms with Crippen LogP contribution in [-0.4, -0.2) is 24.6 Å². The van der Waals surface area contributed by atoms with Crippen molar-refractivity contribution in [2.45, 2.75) is 39.2 Å². The number of rotatable bonds is 5. The van der Waals surface area contributed by atoms with Gasteiger partial charge in [-0.25, -0.2) is 4.79 Å². The monoisotopic (exact) mass is 226 g/mol. The molecule has 1 rings (SSSR count). The number of esters is 2. The molecule has 0 aromatic rings. The van der Waals surface area contributed by atoms with Gasteiger partial charge in [-0.2, -0.15) is 0 Å². The molecule has 1 aliphatic rings. The Morgan fingerprint density at radius 1 is 1.62 bits per heavy atom. The predicted molar refractivity (Wildman–Crippen MR) is 58.7 cm³/mol. The fraction of sp³-hybridized carbons (Fsp3) is 0.667. The fourth-order valence-corrected chi connectivity index (χ4v) is 1.45. The summed E-state index contributed by atoms with van der Waals surface area (Å²) in [6.45, 7) is 7.85. The van der Waals surface area contributed by atoms with Gasteiger partial charge in [0.15, 0.2) is 6.10 Å². The summed E-state index contributed by atoms with van der Waals surface area (Å²) in [6.07, 6.45) is 1.61. The summed E-state index contributed by atoms with van der Waals surface area (Å²) in [5, 5.41) is 0. The van der Waals surface area contributed by atoms with Gasteiger partial charge in [0, 0.05) is 6.42 Å². The molecule has 1 heterocycles. The van der Waals surface area contributed by atoms with Crippen LogP contribution in [-0.2, 0) is 19.1 Å². The molecule has 0 bridgehead atoms. The largest absolute Gasteiger partial charge is 0.458 e. The minimum Gasteiger partial charge on any atom is -0.458 e. The molecule has 1 fully saturated rings. The summed E-state index contributed by atoms with van der Waals surface area (Å²) in [6, 6.07) is 0. The molecule has 1 aliphatic heterocycles. The number of ether oxygens (including phenoxy) is 2. The number of cyclic esters (lactones) is 1. The van der Waals surface area contributed by atoms with Crippen LogP contribution in [0.3, 0.4) is 0 Å². The summed E-state index contributed by atoms with van der Waals surface area (Å²) >= 11 is 0. The Morgan fingerprint density at radius 3 is 2.81 bits per heavy atom. The van der Waals surface area contributed by atoms with Crippen LogP contribution in [0.15, 0.2) is 12.2 Å². The van der Waals surface area contributed by atoms with Crippen molar-refractivity contribution in [1.29, 1.82) is 0 Å². The van der Waals surface area contributed by atoms with Gasteiger partial charge in [0.2, 0.25) is 0 Å². The SMILES string of the molecule is C=C1C(=O)OCC1OC(=O)CCCC(C)C. The zero-order chi connectivity index (χ0) is 12.1. The second-order valence-corrected chi connectivity index (χ2v) is 4.39. The van der Waals surface area contributed by atoms with E-state index >= 15 is 0 Å². The van der Waals surface area contributed by atoms with Gasteiger partial charge in [-0.1, -0.05) is 26.8 Å². The first kappa shape index (κ1) is 12.7. The Balaban J connectivity index is 2.24. The smallest absolute Gasteiger partial charge is 0.337 e. The molecule has 0 saturated carbocycles. The van der Waals surface area contributed by atoms with Crippen LogP contribution in [0.4, 0.5) is 0 Å². The molecule has 0 radical (unpaired) electrons. The van der Waals surface area contributed by atoms with Gasteiger partial charge in [0.1, 0.15) is 6.61 Å². The standard InChI is InChI=1S/C12H18O4/c1-8(2)5-4-6-11(13)16-10-7-15-12(14)9(10)3/h8,10H,3-7H2,1-2H3. The zero-order valence-electron chi connectivity index (χ0n) is 9.82. The van der Waals surface area contributed by atoms with Gasteiger partial charge in [-0.3, -0.25) is 4.79 Å². The molecule has 90 valence electrons. The van der Waals surface area contributed by atoms with E-state index in [-0.39, 0.29) is 18.1 Å². The molecule has 1 unspecified atom stereocenters. The Hall–Kier alpha value is -1.32. The van der Waals surface area contributed by atoms with E-state index < -0.39 is 12.1 Å². The third kappa shape index (κ3) is 3.68. The van der Waals surface area contributed by atoms with Crippen molar-refractivity contribution in [3.05, 3.63) is 12.2 Å². The molecule has 1 atom stereocenters. The minimum absolute atomic E-state index is 0.105. The molecular formula is C12H18O4. The van der Waals surface area contributed by atoms with Gasteiger partial charge in [0.25, 0.3) is 0 Å². The summed E-state index contributed by atoms with van der Waals surface area (Å²) in [7, 11) is 0. The molecule has 0 aliphatic carbocycles. The Bertz CT molecular complexity index is 293. The van der Waals surface area contributed by atoms with Crippen molar-refractivity contribution in [1.82, 2.24) is 0 Å². The average molecular weight is 226 g/mol. The summed E-state index contributed by atoms with van der Waals surface area (Å²) in [5.41, 5.74) is 0.234. The molecule has 0 amide bonds. The van der Waals surface area contributed by atoms with Crippen molar-refractivity contribution in [2.24, 2.45) is 5.92 Å². The second kappa shape index (κ2) is 5.68. The van der Waals surface area contributed by atoms with Crippen molar-refractivity contribution in [3.8, 4) is 0 Å². The van der Waals surface area contributed by atoms with Crippen molar-refractivity contribution >= 4 is 11.9 Å². The summed E-state index contributed by atoms with van der Waals surface area (Å²) in [4.78, 5) is 22.4. The first-order valence-electron chi connectivity index (χ1n) is 5.56. The minimum atomic E-state index is -0.584. The molecule has 0 spiro atoms. The molecule has 4 nitrogen and oxygen atoms in total. The van der Waals surface area contributed by atoms with Crippen LogP contribution in [0.2, 0.25) is 0 Å². The van der Waals surface area contributed by atoms with Crippen LogP contribution in [0.25, 0.3) is 0 Å². The molecule has 16 heavy (non-hydrogen) atoms. The Kier molecular flexibility index (Phi) is 4.52. The van der Waals surface area contributed by atoms with E-state index in [0.717, 1.165) is 12.8 Å². The lowest BCUT2D eigenvalue weighted by atomic mass is 10.1. The lowest BCUT2D eigenvalue weighted by molar-refractivity contribution is -0.148. The quantitative estimate of drug-likeness (QED) is 0.530. The van der Waals surface area contributed by atoms with Gasteiger partial charge in [-0.15, -0.1) is 0 Å². The summed E-state index contributed by atoms with van der Waals surface area (Å²) in [5.74, 6) is -0.177. The van der Waals surface area contributed by atoms with E-state index in [9.17, 15) is 9.59 Å². The van der Waals surface area contributed by atoms with Crippen molar-refractivity contribution in [3.63, 3.8) is 0 Å². The zero-order valence-corrected chi connectivity index (χ0v) is 9.82. The van der Waals surface area contributed by atoms with E-state index in [0.29, 0.717) is 12.3 Å². The van der Waals surface area contributed by atoms with E-state index in [1.807, 2.05) is 0 Å². The van der Waals surface area contributed by atoms with Gasteiger partial charge >= 0.3 is 11.9 Å². The number of hydrogen-bond donors (Lipinski definition) is 0. The lowest BCUT2D eigenvalue weighted by Crippen LogP contribution is -2.19. The highest BCUT2D eigenvalue weighted by atomic mass is 16.6. The Labute approximate surface area is 95.6 Å². The highest BCUT2D eigenvalue weighted by molar-refractivity contribution is 5.91. The van der Waals surface area contributed by atoms with Crippen LogP contribution in [0.5, 0.6) is 0 Å². The highest BCUT2D eigenvalue weighted by Gasteiger charge is 2.31. The lowest BCUT2D eigenvalue weighted by Gasteiger charge is -2.10. The predicted octanol–water partition coefficient (Wildman–Crippen LogP) is 1.84. The second-order valence-electron chi connectivity index (χ2n) is 4.39. The molecule has 1 saturated heterocycles. The van der Waals surface area contributed by atoms with Crippen LogP contribution >= 0.6 is 0 Å². The van der Waals surface area contributed by atoms with E-state index in [1.54, 1.807) is 0 Å². The molecular weight excluding hydrogens is 208 g/mol. The topological polar surface area (TPSA) is 52.6 Å². The number of carbonyl (C=O) groups is 2. The average Bonchev–Trinajstić information content (AvgIpc) is 2.49. The first-order chi connectivity index (χ1) is 7.50. The number of carbonyl (C=O) groups excluding carboxylic acids is 2. The van der Waals surface area contributed by atoms with Crippen LogP contribution < -0.4 is 0 Å². The van der Waals surface area contributed by atoms with E-state index in [1.165, 1.54) is 0 Å². The van der Waals surface area contributed by atoms with Crippen molar-refractivity contribution < 1.29 is 19.1 Å². The maximum atomic E-state index is 11.4. The fourth-order valence-electron chi connectivity index (χ4n) is 1.45. The molecule has 0 N–H and O–H groups in total. The van der Waals surface area contributed by atoms with Gasteiger partial charge in [0.05, 0.1) is 5.57 Å². The maximum absolute atomic E-state index is 11.4. The Morgan fingerprint density at radius 2 is 2.31 bits per heavy atom. The third-order valence-electron chi connectivity index (χ3n) is 2.45. The molecule has 0 aromatic heterocycles. The highest BCUT2D eigenvalue weighted by Crippen LogP contribution is 2.17.